The normalized spacial score (nSPS) is 10.5. The van der Waals surface area contributed by atoms with Gasteiger partial charge >= 0.3 is 0 Å². The maximum atomic E-state index is 4.44. The van der Waals surface area contributed by atoms with E-state index in [9.17, 15) is 0 Å². The summed E-state index contributed by atoms with van der Waals surface area (Å²) in [6, 6.07) is 32.1. The van der Waals surface area contributed by atoms with Gasteiger partial charge in [-0.25, -0.2) is 0 Å². The standard InChI is InChI=1S/C20H18Si/c1-17(18-11-5-2-6-12-18)21(19-13-7-3-8-14-19)20-15-9-4-10-16-20/h2-16,21H,1H2. The van der Waals surface area contributed by atoms with Crippen LogP contribution in [0.2, 0.25) is 0 Å². The van der Waals surface area contributed by atoms with E-state index in [1.165, 1.54) is 21.1 Å². The molecular formula is C20H18Si. The number of rotatable bonds is 4. The van der Waals surface area contributed by atoms with Crippen molar-refractivity contribution in [3.63, 3.8) is 0 Å². The fraction of sp³-hybridized carbons (Fsp3) is 0. The number of benzene rings is 3. The summed E-state index contributed by atoms with van der Waals surface area (Å²) in [5, 5.41) is 4.10. The molecule has 3 aromatic carbocycles. The van der Waals surface area contributed by atoms with Crippen molar-refractivity contribution in [1.82, 2.24) is 0 Å². The van der Waals surface area contributed by atoms with Gasteiger partial charge in [0, 0.05) is 0 Å². The van der Waals surface area contributed by atoms with Crippen LogP contribution in [0.4, 0.5) is 0 Å². The summed E-state index contributed by atoms with van der Waals surface area (Å²) < 4.78 is 0. The van der Waals surface area contributed by atoms with Crippen molar-refractivity contribution in [3.8, 4) is 0 Å². The Bertz CT molecular complexity index is 663. The number of hydrogen-bond acceptors (Lipinski definition) is 0. The van der Waals surface area contributed by atoms with Crippen LogP contribution in [-0.4, -0.2) is 8.80 Å². The highest BCUT2D eigenvalue weighted by Crippen LogP contribution is 2.15. The maximum Gasteiger partial charge on any atom is 0.132 e. The Hall–Kier alpha value is -2.38. The van der Waals surface area contributed by atoms with Crippen molar-refractivity contribution >= 4 is 24.4 Å². The molecule has 0 bridgehead atoms. The van der Waals surface area contributed by atoms with Gasteiger partial charge in [-0.15, -0.1) is 0 Å². The van der Waals surface area contributed by atoms with E-state index in [4.69, 9.17) is 0 Å². The summed E-state index contributed by atoms with van der Waals surface area (Å²) in [4.78, 5) is 0. The van der Waals surface area contributed by atoms with Crippen LogP contribution in [0.3, 0.4) is 0 Å². The monoisotopic (exact) mass is 286 g/mol. The largest absolute Gasteiger partial charge is 0.132 e. The smallest absolute Gasteiger partial charge is 0.0987 e. The van der Waals surface area contributed by atoms with Gasteiger partial charge in [-0.05, 0) is 5.56 Å². The molecule has 0 fully saturated rings. The second-order valence-electron chi connectivity index (χ2n) is 5.15. The molecule has 3 rings (SSSR count). The van der Waals surface area contributed by atoms with Crippen molar-refractivity contribution in [2.45, 2.75) is 0 Å². The molecule has 21 heavy (non-hydrogen) atoms. The molecule has 0 aromatic heterocycles. The molecule has 1 heteroatoms. The Kier molecular flexibility index (Phi) is 4.13. The van der Waals surface area contributed by atoms with E-state index in [-0.39, 0.29) is 0 Å². The van der Waals surface area contributed by atoms with E-state index in [2.05, 4.69) is 97.6 Å². The zero-order chi connectivity index (χ0) is 14.5. The molecule has 0 aliphatic carbocycles. The van der Waals surface area contributed by atoms with Gasteiger partial charge in [-0.3, -0.25) is 0 Å². The minimum atomic E-state index is -1.47. The Morgan fingerprint density at radius 3 is 1.38 bits per heavy atom. The van der Waals surface area contributed by atoms with E-state index in [0.717, 1.165) is 0 Å². The number of hydrogen-bond donors (Lipinski definition) is 0. The molecule has 0 nitrogen and oxygen atoms in total. The molecular weight excluding hydrogens is 268 g/mol. The second-order valence-corrected chi connectivity index (χ2v) is 8.04. The van der Waals surface area contributed by atoms with Gasteiger partial charge in [0.15, 0.2) is 0 Å². The Morgan fingerprint density at radius 1 is 0.571 bits per heavy atom. The summed E-state index contributed by atoms with van der Waals surface area (Å²) in [7, 11) is -1.47. The molecule has 0 radical (unpaired) electrons. The zero-order valence-electron chi connectivity index (χ0n) is 11.9. The summed E-state index contributed by atoms with van der Waals surface area (Å²) >= 11 is 0. The lowest BCUT2D eigenvalue weighted by molar-refractivity contribution is 1.64. The van der Waals surface area contributed by atoms with Crippen molar-refractivity contribution in [3.05, 3.63) is 103 Å². The van der Waals surface area contributed by atoms with Gasteiger partial charge < -0.3 is 0 Å². The average Bonchev–Trinajstić information content (AvgIpc) is 2.58. The highest BCUT2D eigenvalue weighted by molar-refractivity contribution is 6.99. The van der Waals surface area contributed by atoms with E-state index >= 15 is 0 Å². The lowest BCUT2D eigenvalue weighted by atomic mass is 10.2. The Morgan fingerprint density at radius 2 is 0.952 bits per heavy atom. The lowest BCUT2D eigenvalue weighted by Gasteiger charge is -2.19. The van der Waals surface area contributed by atoms with Gasteiger partial charge in [0.25, 0.3) is 0 Å². The molecule has 0 aliphatic heterocycles. The lowest BCUT2D eigenvalue weighted by Crippen LogP contribution is -2.43. The summed E-state index contributed by atoms with van der Waals surface area (Å²) in [6.07, 6.45) is 0. The molecule has 0 unspecified atom stereocenters. The predicted molar refractivity (Wildman–Crippen MR) is 94.8 cm³/mol. The first kappa shape index (κ1) is 13.6. The first-order chi connectivity index (χ1) is 10.4. The van der Waals surface area contributed by atoms with Crippen LogP contribution in [0.5, 0.6) is 0 Å². The molecule has 102 valence electrons. The second kappa shape index (κ2) is 6.38. The van der Waals surface area contributed by atoms with Gasteiger partial charge in [-0.2, -0.15) is 0 Å². The first-order valence-electron chi connectivity index (χ1n) is 7.20. The van der Waals surface area contributed by atoms with Gasteiger partial charge in [0.2, 0.25) is 0 Å². The predicted octanol–water partition coefficient (Wildman–Crippen LogP) is 3.28. The van der Waals surface area contributed by atoms with Crippen molar-refractivity contribution < 1.29 is 0 Å². The zero-order valence-corrected chi connectivity index (χ0v) is 13.1. The van der Waals surface area contributed by atoms with E-state index in [1.54, 1.807) is 0 Å². The Labute approximate surface area is 128 Å². The highest BCUT2D eigenvalue weighted by Gasteiger charge is 2.20. The summed E-state index contributed by atoms with van der Waals surface area (Å²) in [6.45, 7) is 4.44. The van der Waals surface area contributed by atoms with Gasteiger partial charge in [0.05, 0.1) is 0 Å². The van der Waals surface area contributed by atoms with E-state index in [0.29, 0.717) is 0 Å². The van der Waals surface area contributed by atoms with Gasteiger partial charge in [0.1, 0.15) is 8.80 Å². The van der Waals surface area contributed by atoms with Crippen LogP contribution in [-0.2, 0) is 0 Å². The van der Waals surface area contributed by atoms with Crippen LogP contribution < -0.4 is 10.4 Å². The Balaban J connectivity index is 2.07. The highest BCUT2D eigenvalue weighted by atomic mass is 28.3. The minimum absolute atomic E-state index is 1.25. The third-order valence-electron chi connectivity index (χ3n) is 3.76. The summed E-state index contributed by atoms with van der Waals surface area (Å²) in [5.74, 6) is 0. The van der Waals surface area contributed by atoms with Crippen molar-refractivity contribution in [1.29, 1.82) is 0 Å². The van der Waals surface area contributed by atoms with Crippen molar-refractivity contribution in [2.75, 3.05) is 0 Å². The molecule has 0 heterocycles. The fourth-order valence-corrected chi connectivity index (χ4v) is 5.63. The fourth-order valence-electron chi connectivity index (χ4n) is 2.70. The quantitative estimate of drug-likeness (QED) is 0.646. The van der Waals surface area contributed by atoms with Crippen LogP contribution >= 0.6 is 0 Å². The third-order valence-corrected chi connectivity index (χ3v) is 6.89. The van der Waals surface area contributed by atoms with Crippen molar-refractivity contribution in [2.24, 2.45) is 0 Å². The van der Waals surface area contributed by atoms with Crippen LogP contribution in [0.1, 0.15) is 5.56 Å². The molecule has 0 amide bonds. The minimum Gasteiger partial charge on any atom is -0.0987 e. The molecule has 0 atom stereocenters. The summed E-state index contributed by atoms with van der Waals surface area (Å²) in [5.41, 5.74) is 1.25. The maximum absolute atomic E-state index is 4.44. The van der Waals surface area contributed by atoms with Gasteiger partial charge in [-0.1, -0.05) is 113 Å². The van der Waals surface area contributed by atoms with Crippen LogP contribution in [0, 0.1) is 0 Å². The SMILES string of the molecule is C=C(c1ccccc1)[SiH](c1ccccc1)c1ccccc1. The third kappa shape index (κ3) is 3.04. The molecule has 0 saturated carbocycles. The van der Waals surface area contributed by atoms with Crippen LogP contribution in [0.25, 0.3) is 5.20 Å². The topological polar surface area (TPSA) is 0 Å². The average molecular weight is 286 g/mol. The molecule has 0 spiro atoms. The molecule has 0 saturated heterocycles. The van der Waals surface area contributed by atoms with Crippen LogP contribution in [0.15, 0.2) is 97.6 Å². The van der Waals surface area contributed by atoms with E-state index < -0.39 is 8.80 Å². The first-order valence-corrected chi connectivity index (χ1v) is 8.93. The van der Waals surface area contributed by atoms with E-state index in [1.807, 2.05) is 0 Å². The molecule has 3 aromatic rings. The molecule has 0 aliphatic rings. The molecule has 0 N–H and O–H groups in total.